The molecular formula is C20H18N4O2S. The molecule has 2 N–H and O–H groups in total. The zero-order chi connectivity index (χ0) is 19.1. The number of aromatic nitrogens is 2. The van der Waals surface area contributed by atoms with E-state index in [1.54, 1.807) is 13.2 Å². The van der Waals surface area contributed by atoms with Gasteiger partial charge in [0.25, 0.3) is 0 Å². The minimum atomic E-state index is 0.113. The summed E-state index contributed by atoms with van der Waals surface area (Å²) in [6.07, 6.45) is 0. The largest absolute Gasteiger partial charge is 0.497 e. The van der Waals surface area contributed by atoms with Crippen LogP contribution >= 0.6 is 11.8 Å². The summed E-state index contributed by atoms with van der Waals surface area (Å²) in [5.41, 5.74) is 7.81. The van der Waals surface area contributed by atoms with E-state index in [1.165, 1.54) is 11.8 Å². The fourth-order valence-electron chi connectivity index (χ4n) is 2.36. The van der Waals surface area contributed by atoms with E-state index in [9.17, 15) is 5.26 Å². The number of hydrogen-bond donors (Lipinski definition) is 1. The highest BCUT2D eigenvalue weighted by molar-refractivity contribution is 7.98. The van der Waals surface area contributed by atoms with Gasteiger partial charge in [0, 0.05) is 11.8 Å². The molecule has 0 saturated heterocycles. The number of ether oxygens (including phenoxy) is 2. The van der Waals surface area contributed by atoms with Crippen LogP contribution in [0.2, 0.25) is 0 Å². The predicted octanol–water partition coefficient (Wildman–Crippen LogP) is 3.81. The molecule has 0 radical (unpaired) electrons. The number of nitrogens with zero attached hydrogens (tertiary/aromatic N) is 3. The lowest BCUT2D eigenvalue weighted by molar-refractivity contribution is 0.297. The van der Waals surface area contributed by atoms with Crippen LogP contribution in [0.4, 0.5) is 5.82 Å². The second kappa shape index (κ2) is 8.92. The van der Waals surface area contributed by atoms with Crippen molar-refractivity contribution in [1.82, 2.24) is 9.97 Å². The van der Waals surface area contributed by atoms with Crippen LogP contribution in [0.3, 0.4) is 0 Å². The maximum Gasteiger partial charge on any atom is 0.190 e. The first-order valence-corrected chi connectivity index (χ1v) is 9.18. The van der Waals surface area contributed by atoms with E-state index < -0.39 is 0 Å². The second-order valence-corrected chi connectivity index (χ2v) is 6.51. The molecule has 0 aliphatic rings. The molecule has 3 rings (SSSR count). The van der Waals surface area contributed by atoms with Gasteiger partial charge in [-0.15, -0.1) is 0 Å². The van der Waals surface area contributed by atoms with E-state index in [-0.39, 0.29) is 18.0 Å². The van der Waals surface area contributed by atoms with E-state index in [2.05, 4.69) is 16.0 Å². The molecule has 0 fully saturated rings. The third-order valence-corrected chi connectivity index (χ3v) is 4.65. The monoisotopic (exact) mass is 378 g/mol. The van der Waals surface area contributed by atoms with Crippen molar-refractivity contribution in [3.05, 3.63) is 71.4 Å². The van der Waals surface area contributed by atoms with Gasteiger partial charge in [-0.2, -0.15) is 5.26 Å². The van der Waals surface area contributed by atoms with E-state index in [0.29, 0.717) is 28.1 Å². The third kappa shape index (κ3) is 4.90. The number of nitriles is 1. The van der Waals surface area contributed by atoms with Crippen LogP contribution in [-0.4, -0.2) is 17.1 Å². The van der Waals surface area contributed by atoms with E-state index in [4.69, 9.17) is 15.2 Å². The molecule has 7 heteroatoms. The molecule has 0 atom stereocenters. The maximum absolute atomic E-state index is 9.39. The molecule has 0 aliphatic carbocycles. The van der Waals surface area contributed by atoms with Crippen molar-refractivity contribution in [1.29, 1.82) is 5.26 Å². The van der Waals surface area contributed by atoms with Gasteiger partial charge in [0.1, 0.15) is 41.3 Å². The molecule has 0 spiro atoms. The first kappa shape index (κ1) is 18.5. The van der Waals surface area contributed by atoms with Crippen molar-refractivity contribution < 1.29 is 9.47 Å². The Bertz CT molecular complexity index is 958. The van der Waals surface area contributed by atoms with Crippen molar-refractivity contribution in [3.63, 3.8) is 0 Å². The normalized spacial score (nSPS) is 10.2. The van der Waals surface area contributed by atoms with Gasteiger partial charge in [0.05, 0.1) is 7.11 Å². The Balaban J connectivity index is 1.76. The van der Waals surface area contributed by atoms with Crippen LogP contribution in [0.1, 0.15) is 16.8 Å². The van der Waals surface area contributed by atoms with Crippen molar-refractivity contribution in [2.45, 2.75) is 17.5 Å². The number of anilines is 1. The number of hydrogen-bond acceptors (Lipinski definition) is 7. The molecule has 136 valence electrons. The Morgan fingerprint density at radius 2 is 1.85 bits per heavy atom. The maximum atomic E-state index is 9.39. The second-order valence-electron chi connectivity index (χ2n) is 5.57. The summed E-state index contributed by atoms with van der Waals surface area (Å²) in [5, 5.41) is 9.90. The Kier molecular flexibility index (Phi) is 6.13. The summed E-state index contributed by atoms with van der Waals surface area (Å²) in [6, 6.07) is 19.3. The lowest BCUT2D eigenvalue weighted by atomic mass is 10.2. The molecule has 0 aliphatic heterocycles. The highest BCUT2D eigenvalue weighted by atomic mass is 32.2. The fourth-order valence-corrected chi connectivity index (χ4v) is 3.18. The smallest absolute Gasteiger partial charge is 0.190 e. The Morgan fingerprint density at radius 1 is 1.07 bits per heavy atom. The predicted molar refractivity (Wildman–Crippen MR) is 104 cm³/mol. The molecule has 1 aromatic heterocycles. The molecule has 0 saturated carbocycles. The van der Waals surface area contributed by atoms with Crippen molar-refractivity contribution in [2.24, 2.45) is 0 Å². The minimum absolute atomic E-state index is 0.113. The Labute approximate surface area is 162 Å². The summed E-state index contributed by atoms with van der Waals surface area (Å²) in [7, 11) is 1.59. The standard InChI is InChI=1S/C20H18N4O2S/c1-25-15-8-5-9-16(10-15)26-12-18-17(11-21)19(22)24-20(23-18)27-13-14-6-3-2-4-7-14/h2-10H,12-13H2,1H3,(H2,22,23,24). The minimum Gasteiger partial charge on any atom is -0.497 e. The summed E-state index contributed by atoms with van der Waals surface area (Å²) in [5.74, 6) is 2.18. The number of nitrogens with two attached hydrogens (primary N) is 1. The van der Waals surface area contributed by atoms with Crippen molar-refractivity contribution >= 4 is 17.6 Å². The van der Waals surface area contributed by atoms with E-state index >= 15 is 0 Å². The number of rotatable bonds is 7. The van der Waals surface area contributed by atoms with Gasteiger partial charge in [-0.25, -0.2) is 9.97 Å². The molecule has 0 bridgehead atoms. The number of methoxy groups -OCH3 is 1. The number of benzene rings is 2. The summed E-state index contributed by atoms with van der Waals surface area (Å²) >= 11 is 1.46. The van der Waals surface area contributed by atoms with Gasteiger partial charge in [-0.1, -0.05) is 48.2 Å². The lowest BCUT2D eigenvalue weighted by Crippen LogP contribution is -2.08. The first-order chi connectivity index (χ1) is 13.2. The molecule has 0 amide bonds. The molecular weight excluding hydrogens is 360 g/mol. The summed E-state index contributed by atoms with van der Waals surface area (Å²) in [4.78, 5) is 8.70. The quantitative estimate of drug-likeness (QED) is 0.493. The van der Waals surface area contributed by atoms with Crippen LogP contribution < -0.4 is 15.2 Å². The van der Waals surface area contributed by atoms with Crippen molar-refractivity contribution in [3.8, 4) is 17.6 Å². The van der Waals surface area contributed by atoms with Crippen molar-refractivity contribution in [2.75, 3.05) is 12.8 Å². The van der Waals surface area contributed by atoms with Gasteiger partial charge < -0.3 is 15.2 Å². The molecule has 3 aromatic rings. The Hall–Kier alpha value is -3.24. The van der Waals surface area contributed by atoms with Gasteiger partial charge >= 0.3 is 0 Å². The molecule has 1 heterocycles. The zero-order valence-electron chi connectivity index (χ0n) is 14.8. The van der Waals surface area contributed by atoms with E-state index in [1.807, 2.05) is 48.5 Å². The fraction of sp³-hybridized carbons (Fsp3) is 0.150. The average molecular weight is 378 g/mol. The highest BCUT2D eigenvalue weighted by Gasteiger charge is 2.14. The Morgan fingerprint density at radius 3 is 2.59 bits per heavy atom. The average Bonchev–Trinajstić information content (AvgIpc) is 2.71. The topological polar surface area (TPSA) is 94.1 Å². The zero-order valence-corrected chi connectivity index (χ0v) is 15.6. The van der Waals surface area contributed by atoms with Crippen LogP contribution in [-0.2, 0) is 12.4 Å². The highest BCUT2D eigenvalue weighted by Crippen LogP contribution is 2.25. The molecule has 0 unspecified atom stereocenters. The number of thioether (sulfide) groups is 1. The molecule has 27 heavy (non-hydrogen) atoms. The summed E-state index contributed by atoms with van der Waals surface area (Å²) < 4.78 is 10.9. The first-order valence-electron chi connectivity index (χ1n) is 8.19. The van der Waals surface area contributed by atoms with Crippen LogP contribution in [0, 0.1) is 11.3 Å². The van der Waals surface area contributed by atoms with Gasteiger partial charge in [-0.05, 0) is 17.7 Å². The van der Waals surface area contributed by atoms with Gasteiger partial charge in [0.15, 0.2) is 5.16 Å². The third-order valence-electron chi connectivity index (χ3n) is 3.73. The van der Waals surface area contributed by atoms with E-state index in [0.717, 1.165) is 5.56 Å². The molecule has 6 nitrogen and oxygen atoms in total. The van der Waals surface area contributed by atoms with Crippen LogP contribution in [0.25, 0.3) is 0 Å². The molecule has 2 aromatic carbocycles. The van der Waals surface area contributed by atoms with Gasteiger partial charge in [0.2, 0.25) is 0 Å². The lowest BCUT2D eigenvalue weighted by Gasteiger charge is -2.11. The summed E-state index contributed by atoms with van der Waals surface area (Å²) in [6.45, 7) is 0.113. The van der Waals surface area contributed by atoms with Crippen LogP contribution in [0.5, 0.6) is 11.5 Å². The SMILES string of the molecule is COc1cccc(OCc2nc(SCc3ccccc3)nc(N)c2C#N)c1. The number of nitrogen functional groups attached to an aromatic ring is 1. The van der Waals surface area contributed by atoms with Crippen LogP contribution in [0.15, 0.2) is 59.8 Å². The van der Waals surface area contributed by atoms with Gasteiger partial charge in [-0.3, -0.25) is 0 Å².